The molecule has 6 N–H and O–H groups in total. The second-order valence-corrected chi connectivity index (χ2v) is 7.64. The fourth-order valence-corrected chi connectivity index (χ4v) is 3.82. The molecule has 0 spiro atoms. The van der Waals surface area contributed by atoms with Crippen LogP contribution in [0.25, 0.3) is 0 Å². The Bertz CT molecular complexity index is 712. The van der Waals surface area contributed by atoms with Crippen LogP contribution in [-0.2, 0) is 24.0 Å². The molecule has 0 radical (unpaired) electrons. The van der Waals surface area contributed by atoms with Crippen molar-refractivity contribution in [3.63, 3.8) is 0 Å². The lowest BCUT2D eigenvalue weighted by Gasteiger charge is -2.32. The van der Waals surface area contributed by atoms with E-state index in [1.807, 2.05) is 0 Å². The standard InChI is InChI=1S/C18H28N4O8/c1-9(23)14(19)17(28)22-7-3-5-12(22)16(27)21-6-2-4-11(21)15(26)20-10(18(29)30)8-13(24)25/h9-12,14,23H,2-8,19H2,1H3,(H,20,26)(H,24,25)(H,29,30). The number of carbonyl (C=O) groups is 5. The number of aliphatic carboxylic acids is 2. The van der Waals surface area contributed by atoms with Crippen molar-refractivity contribution in [2.45, 2.75) is 69.3 Å². The predicted molar refractivity (Wildman–Crippen MR) is 101 cm³/mol. The molecule has 168 valence electrons. The van der Waals surface area contributed by atoms with E-state index in [2.05, 4.69) is 5.32 Å². The monoisotopic (exact) mass is 428 g/mol. The van der Waals surface area contributed by atoms with E-state index in [0.29, 0.717) is 32.2 Å². The minimum atomic E-state index is -1.61. The van der Waals surface area contributed by atoms with E-state index in [4.69, 9.17) is 15.9 Å². The number of rotatable bonds is 8. The number of nitrogens with one attached hydrogen (secondary N) is 1. The van der Waals surface area contributed by atoms with Crippen LogP contribution in [-0.4, -0.2) is 98.1 Å². The summed E-state index contributed by atoms with van der Waals surface area (Å²) in [5.74, 6) is -4.60. The van der Waals surface area contributed by atoms with Crippen molar-refractivity contribution in [1.29, 1.82) is 0 Å². The maximum absolute atomic E-state index is 13.1. The molecular formula is C18H28N4O8. The van der Waals surface area contributed by atoms with Crippen LogP contribution in [0.4, 0.5) is 0 Å². The largest absolute Gasteiger partial charge is 0.481 e. The SMILES string of the molecule is CC(O)C(N)C(=O)N1CCCC1C(=O)N1CCCC1C(=O)NC(CC(=O)O)C(=O)O. The van der Waals surface area contributed by atoms with Crippen LogP contribution < -0.4 is 11.1 Å². The zero-order valence-corrected chi connectivity index (χ0v) is 16.7. The predicted octanol–water partition coefficient (Wildman–Crippen LogP) is -2.28. The zero-order valence-electron chi connectivity index (χ0n) is 16.7. The molecule has 2 aliphatic heterocycles. The average molecular weight is 428 g/mol. The number of aliphatic hydroxyl groups excluding tert-OH is 1. The van der Waals surface area contributed by atoms with Gasteiger partial charge in [-0.15, -0.1) is 0 Å². The zero-order chi connectivity index (χ0) is 22.6. The van der Waals surface area contributed by atoms with Crippen molar-refractivity contribution in [2.75, 3.05) is 13.1 Å². The number of carbonyl (C=O) groups excluding carboxylic acids is 3. The summed E-state index contributed by atoms with van der Waals surface area (Å²) in [7, 11) is 0. The number of hydrogen-bond donors (Lipinski definition) is 5. The van der Waals surface area contributed by atoms with E-state index in [1.54, 1.807) is 0 Å². The molecule has 0 saturated carbocycles. The fourth-order valence-electron chi connectivity index (χ4n) is 3.82. The molecule has 0 aromatic rings. The van der Waals surface area contributed by atoms with E-state index >= 15 is 0 Å². The quantitative estimate of drug-likeness (QED) is 0.283. The Labute approximate surface area is 173 Å². The second-order valence-electron chi connectivity index (χ2n) is 7.64. The van der Waals surface area contributed by atoms with Gasteiger partial charge in [0, 0.05) is 13.1 Å². The molecule has 30 heavy (non-hydrogen) atoms. The van der Waals surface area contributed by atoms with Crippen molar-refractivity contribution >= 4 is 29.7 Å². The van der Waals surface area contributed by atoms with Gasteiger partial charge in [0.05, 0.1) is 12.5 Å². The maximum Gasteiger partial charge on any atom is 0.326 e. The van der Waals surface area contributed by atoms with Gasteiger partial charge in [-0.1, -0.05) is 0 Å². The van der Waals surface area contributed by atoms with Gasteiger partial charge in [0.25, 0.3) is 0 Å². The summed E-state index contributed by atoms with van der Waals surface area (Å²) in [6.07, 6.45) is -0.109. The van der Waals surface area contributed by atoms with Gasteiger partial charge < -0.3 is 36.2 Å². The molecule has 12 heteroatoms. The number of carboxylic acids is 2. The molecule has 0 aliphatic carbocycles. The van der Waals surface area contributed by atoms with Gasteiger partial charge in [-0.25, -0.2) is 4.79 Å². The molecule has 3 amide bonds. The first-order valence-corrected chi connectivity index (χ1v) is 9.84. The van der Waals surface area contributed by atoms with E-state index in [-0.39, 0.29) is 6.54 Å². The molecule has 5 unspecified atom stereocenters. The minimum absolute atomic E-state index is 0.259. The molecule has 0 aromatic carbocycles. The Morgan fingerprint density at radius 2 is 1.60 bits per heavy atom. The smallest absolute Gasteiger partial charge is 0.326 e. The number of likely N-dealkylation sites (tertiary alicyclic amines) is 2. The van der Waals surface area contributed by atoms with E-state index in [0.717, 1.165) is 0 Å². The lowest BCUT2D eigenvalue weighted by atomic mass is 10.1. The summed E-state index contributed by atoms with van der Waals surface area (Å²) in [5, 5.41) is 29.7. The Balaban J connectivity index is 2.11. The summed E-state index contributed by atoms with van der Waals surface area (Å²) in [4.78, 5) is 62.9. The van der Waals surface area contributed by atoms with Gasteiger partial charge in [0.1, 0.15) is 24.2 Å². The van der Waals surface area contributed by atoms with Crippen molar-refractivity contribution < 1.29 is 39.3 Å². The number of amides is 3. The molecule has 2 heterocycles. The van der Waals surface area contributed by atoms with E-state index < -0.39 is 66.4 Å². The van der Waals surface area contributed by atoms with Crippen LogP contribution in [0.2, 0.25) is 0 Å². The molecule has 12 nitrogen and oxygen atoms in total. The molecular weight excluding hydrogens is 400 g/mol. The summed E-state index contributed by atoms with van der Waals surface area (Å²) < 4.78 is 0. The minimum Gasteiger partial charge on any atom is -0.481 e. The third-order valence-electron chi connectivity index (χ3n) is 5.46. The topological polar surface area (TPSA) is 191 Å². The van der Waals surface area contributed by atoms with Gasteiger partial charge in [-0.05, 0) is 32.6 Å². The summed E-state index contributed by atoms with van der Waals surface area (Å²) in [5.41, 5.74) is 5.72. The number of nitrogens with zero attached hydrogens (tertiary/aromatic N) is 2. The Kier molecular flexibility index (Phi) is 7.73. The normalized spacial score (nSPS) is 24.2. The number of nitrogens with two attached hydrogens (primary N) is 1. The van der Waals surface area contributed by atoms with Crippen molar-refractivity contribution in [3.05, 3.63) is 0 Å². The van der Waals surface area contributed by atoms with Crippen molar-refractivity contribution in [2.24, 2.45) is 5.73 Å². The molecule has 5 atom stereocenters. The lowest BCUT2D eigenvalue weighted by Crippen LogP contribution is -2.57. The summed E-state index contributed by atoms with van der Waals surface area (Å²) in [6.45, 7) is 1.95. The molecule has 2 aliphatic rings. The van der Waals surface area contributed by atoms with Gasteiger partial charge in [0.15, 0.2) is 0 Å². The first-order chi connectivity index (χ1) is 14.0. The second kappa shape index (κ2) is 9.85. The molecule has 2 fully saturated rings. The van der Waals surface area contributed by atoms with Crippen LogP contribution >= 0.6 is 0 Å². The first-order valence-electron chi connectivity index (χ1n) is 9.84. The Morgan fingerprint density at radius 3 is 2.13 bits per heavy atom. The van der Waals surface area contributed by atoms with Crippen LogP contribution in [0.3, 0.4) is 0 Å². The van der Waals surface area contributed by atoms with E-state index in [1.165, 1.54) is 16.7 Å². The maximum atomic E-state index is 13.1. The van der Waals surface area contributed by atoms with Gasteiger partial charge in [0.2, 0.25) is 17.7 Å². The third kappa shape index (κ3) is 5.25. The van der Waals surface area contributed by atoms with Crippen molar-refractivity contribution in [3.8, 4) is 0 Å². The number of hydrogen-bond acceptors (Lipinski definition) is 7. The van der Waals surface area contributed by atoms with Crippen LogP contribution in [0.15, 0.2) is 0 Å². The Morgan fingerprint density at radius 1 is 1.03 bits per heavy atom. The van der Waals surface area contributed by atoms with Crippen LogP contribution in [0.5, 0.6) is 0 Å². The highest BCUT2D eigenvalue weighted by Gasteiger charge is 2.43. The average Bonchev–Trinajstić information content (AvgIpc) is 3.34. The fraction of sp³-hybridized carbons (Fsp3) is 0.722. The lowest BCUT2D eigenvalue weighted by molar-refractivity contribution is -0.150. The Hall–Kier alpha value is -2.73. The third-order valence-corrected chi connectivity index (χ3v) is 5.46. The van der Waals surface area contributed by atoms with Gasteiger partial charge in [-0.3, -0.25) is 19.2 Å². The molecule has 2 saturated heterocycles. The highest BCUT2D eigenvalue weighted by molar-refractivity contribution is 5.95. The molecule has 2 rings (SSSR count). The van der Waals surface area contributed by atoms with Crippen molar-refractivity contribution in [1.82, 2.24) is 15.1 Å². The molecule has 0 bridgehead atoms. The highest BCUT2D eigenvalue weighted by Crippen LogP contribution is 2.25. The first kappa shape index (κ1) is 23.5. The van der Waals surface area contributed by atoms with Crippen LogP contribution in [0.1, 0.15) is 39.0 Å². The van der Waals surface area contributed by atoms with Gasteiger partial charge in [-0.2, -0.15) is 0 Å². The number of carboxylic acid groups (broad SMARTS) is 2. The summed E-state index contributed by atoms with van der Waals surface area (Å²) >= 11 is 0. The number of aliphatic hydroxyl groups is 1. The van der Waals surface area contributed by atoms with Crippen LogP contribution in [0, 0.1) is 0 Å². The van der Waals surface area contributed by atoms with E-state index in [9.17, 15) is 29.1 Å². The van der Waals surface area contributed by atoms with Gasteiger partial charge >= 0.3 is 11.9 Å². The highest BCUT2D eigenvalue weighted by atomic mass is 16.4. The molecule has 0 aromatic heterocycles. The summed E-state index contributed by atoms with van der Waals surface area (Å²) in [6, 6.07) is -4.54.